The number of rotatable bonds is 6. The van der Waals surface area contributed by atoms with Crippen molar-refractivity contribution >= 4 is 0 Å². The highest BCUT2D eigenvalue weighted by atomic mass is 16.3. The monoisotopic (exact) mass is 226 g/mol. The van der Waals surface area contributed by atoms with Crippen LogP contribution in [0.3, 0.4) is 0 Å². The van der Waals surface area contributed by atoms with Gasteiger partial charge in [-0.15, -0.1) is 0 Å². The molecule has 3 nitrogen and oxygen atoms in total. The van der Waals surface area contributed by atoms with Gasteiger partial charge in [0.1, 0.15) is 0 Å². The third kappa shape index (κ3) is 4.04. The summed E-state index contributed by atoms with van der Waals surface area (Å²) >= 11 is 0. The van der Waals surface area contributed by atoms with E-state index >= 15 is 0 Å². The molecule has 0 radical (unpaired) electrons. The predicted octanol–water partition coefficient (Wildman–Crippen LogP) is 1.17. The highest BCUT2D eigenvalue weighted by Gasteiger charge is 2.30. The van der Waals surface area contributed by atoms with Gasteiger partial charge in [-0.1, -0.05) is 6.42 Å². The van der Waals surface area contributed by atoms with Crippen molar-refractivity contribution < 1.29 is 5.11 Å². The zero-order chi connectivity index (χ0) is 11.4. The van der Waals surface area contributed by atoms with Gasteiger partial charge in [0.2, 0.25) is 0 Å². The molecule has 1 N–H and O–H groups in total. The molecular formula is C13H26N2O. The lowest BCUT2D eigenvalue weighted by Crippen LogP contribution is -2.39. The number of hydrogen-bond donors (Lipinski definition) is 1. The summed E-state index contributed by atoms with van der Waals surface area (Å²) in [4.78, 5) is 4.85. The molecule has 94 valence electrons. The minimum atomic E-state index is -0.0774. The summed E-state index contributed by atoms with van der Waals surface area (Å²) in [6.07, 6.45) is 6.55. The average Bonchev–Trinajstić information content (AvgIpc) is 3.11. The fourth-order valence-corrected chi connectivity index (χ4v) is 2.54. The molecule has 2 rings (SSSR count). The summed E-state index contributed by atoms with van der Waals surface area (Å²) in [7, 11) is 2.13. The van der Waals surface area contributed by atoms with E-state index in [1.54, 1.807) is 0 Å². The van der Waals surface area contributed by atoms with Crippen LogP contribution in [0.15, 0.2) is 0 Å². The number of aliphatic hydroxyl groups excluding tert-OH is 1. The van der Waals surface area contributed by atoms with E-state index in [2.05, 4.69) is 16.8 Å². The summed E-state index contributed by atoms with van der Waals surface area (Å²) in [5.74, 6) is 0.609. The first-order valence-electron chi connectivity index (χ1n) is 6.84. The van der Waals surface area contributed by atoms with Crippen LogP contribution in [0, 0.1) is 5.92 Å². The molecule has 1 aliphatic heterocycles. The van der Waals surface area contributed by atoms with Gasteiger partial charge in [0.25, 0.3) is 0 Å². The second-order valence-corrected chi connectivity index (χ2v) is 5.57. The molecule has 1 saturated carbocycles. The minimum Gasteiger partial charge on any atom is -0.392 e. The molecule has 2 fully saturated rings. The van der Waals surface area contributed by atoms with E-state index in [1.165, 1.54) is 51.7 Å². The van der Waals surface area contributed by atoms with Crippen molar-refractivity contribution in [2.45, 2.75) is 38.2 Å². The topological polar surface area (TPSA) is 26.7 Å². The zero-order valence-electron chi connectivity index (χ0n) is 10.6. The van der Waals surface area contributed by atoms with E-state index in [0.717, 1.165) is 13.1 Å². The molecule has 0 bridgehead atoms. The van der Waals surface area contributed by atoms with E-state index < -0.39 is 0 Å². The molecule has 1 saturated heterocycles. The van der Waals surface area contributed by atoms with Gasteiger partial charge < -0.3 is 14.9 Å². The van der Waals surface area contributed by atoms with Gasteiger partial charge in [-0.3, -0.25) is 0 Å². The Kier molecular flexibility index (Phi) is 4.62. The fourth-order valence-electron chi connectivity index (χ4n) is 2.54. The first-order valence-corrected chi connectivity index (χ1v) is 6.84. The number of hydrogen-bond acceptors (Lipinski definition) is 3. The van der Waals surface area contributed by atoms with Gasteiger partial charge in [0, 0.05) is 19.6 Å². The van der Waals surface area contributed by atoms with Crippen LogP contribution < -0.4 is 0 Å². The molecule has 1 unspecified atom stereocenters. The number of nitrogens with zero attached hydrogens (tertiary/aromatic N) is 2. The first kappa shape index (κ1) is 12.3. The van der Waals surface area contributed by atoms with Crippen LogP contribution in [-0.2, 0) is 0 Å². The Morgan fingerprint density at radius 2 is 1.94 bits per heavy atom. The second-order valence-electron chi connectivity index (χ2n) is 5.57. The maximum absolute atomic E-state index is 9.84. The lowest BCUT2D eigenvalue weighted by molar-refractivity contribution is 0.0987. The largest absolute Gasteiger partial charge is 0.392 e. The lowest BCUT2D eigenvalue weighted by atomic mass is 10.1. The van der Waals surface area contributed by atoms with Crippen LogP contribution in [0.5, 0.6) is 0 Å². The Hall–Kier alpha value is -0.120. The molecule has 3 heteroatoms. The lowest BCUT2D eigenvalue weighted by Gasteiger charge is -2.29. The van der Waals surface area contributed by atoms with Crippen molar-refractivity contribution in [1.82, 2.24) is 9.80 Å². The predicted molar refractivity (Wildman–Crippen MR) is 66.5 cm³/mol. The molecule has 0 aromatic carbocycles. The van der Waals surface area contributed by atoms with Crippen LogP contribution in [0.4, 0.5) is 0 Å². The van der Waals surface area contributed by atoms with Crippen molar-refractivity contribution in [3.05, 3.63) is 0 Å². The van der Waals surface area contributed by atoms with E-state index in [-0.39, 0.29) is 6.10 Å². The zero-order valence-corrected chi connectivity index (χ0v) is 10.6. The average molecular weight is 226 g/mol. The highest BCUT2D eigenvalue weighted by molar-refractivity contribution is 4.82. The van der Waals surface area contributed by atoms with Gasteiger partial charge in [-0.05, 0) is 51.7 Å². The quantitative estimate of drug-likeness (QED) is 0.736. The molecule has 2 aliphatic rings. The van der Waals surface area contributed by atoms with Gasteiger partial charge in [0.15, 0.2) is 0 Å². The molecule has 0 spiro atoms. The Labute approximate surface area is 99.4 Å². The summed E-state index contributed by atoms with van der Waals surface area (Å²) < 4.78 is 0. The SMILES string of the molecule is CN(CCN1CCCCC1)CC(O)C1CC1. The van der Waals surface area contributed by atoms with Crippen LogP contribution in [0.25, 0.3) is 0 Å². The molecule has 0 aromatic heterocycles. The van der Waals surface area contributed by atoms with Crippen molar-refractivity contribution in [3.63, 3.8) is 0 Å². The molecule has 16 heavy (non-hydrogen) atoms. The van der Waals surface area contributed by atoms with Crippen LogP contribution in [-0.4, -0.2) is 60.8 Å². The number of piperidine rings is 1. The maximum atomic E-state index is 9.84. The summed E-state index contributed by atoms with van der Waals surface area (Å²) in [5, 5.41) is 9.84. The summed E-state index contributed by atoms with van der Waals surface area (Å²) in [6.45, 7) is 5.69. The van der Waals surface area contributed by atoms with E-state index in [1.807, 2.05) is 0 Å². The molecule has 1 atom stereocenters. The highest BCUT2D eigenvalue weighted by Crippen LogP contribution is 2.32. The van der Waals surface area contributed by atoms with Gasteiger partial charge in [-0.2, -0.15) is 0 Å². The van der Waals surface area contributed by atoms with Crippen molar-refractivity contribution in [2.75, 3.05) is 39.8 Å². The minimum absolute atomic E-state index is 0.0774. The fraction of sp³-hybridized carbons (Fsp3) is 1.00. The van der Waals surface area contributed by atoms with Crippen molar-refractivity contribution in [1.29, 1.82) is 0 Å². The Morgan fingerprint density at radius 3 is 2.56 bits per heavy atom. The van der Waals surface area contributed by atoms with Crippen LogP contribution in [0.2, 0.25) is 0 Å². The van der Waals surface area contributed by atoms with Crippen LogP contribution >= 0.6 is 0 Å². The smallest absolute Gasteiger partial charge is 0.0695 e. The second kappa shape index (κ2) is 5.99. The Morgan fingerprint density at radius 1 is 1.25 bits per heavy atom. The third-order valence-corrected chi connectivity index (χ3v) is 3.91. The molecule has 0 aromatic rings. The number of likely N-dealkylation sites (tertiary alicyclic amines) is 1. The van der Waals surface area contributed by atoms with E-state index in [4.69, 9.17) is 0 Å². The Balaban J connectivity index is 1.57. The van der Waals surface area contributed by atoms with Crippen molar-refractivity contribution in [3.8, 4) is 0 Å². The van der Waals surface area contributed by atoms with E-state index in [9.17, 15) is 5.11 Å². The normalized spacial score (nSPS) is 24.9. The van der Waals surface area contributed by atoms with Gasteiger partial charge >= 0.3 is 0 Å². The third-order valence-electron chi connectivity index (χ3n) is 3.91. The number of likely N-dealkylation sites (N-methyl/N-ethyl adjacent to an activating group) is 1. The Bertz CT molecular complexity index is 200. The summed E-state index contributed by atoms with van der Waals surface area (Å²) in [5.41, 5.74) is 0. The summed E-state index contributed by atoms with van der Waals surface area (Å²) in [6, 6.07) is 0. The molecule has 1 heterocycles. The van der Waals surface area contributed by atoms with Gasteiger partial charge in [-0.25, -0.2) is 0 Å². The van der Waals surface area contributed by atoms with Crippen LogP contribution in [0.1, 0.15) is 32.1 Å². The molecular weight excluding hydrogens is 200 g/mol. The first-order chi connectivity index (χ1) is 7.75. The maximum Gasteiger partial charge on any atom is 0.0695 e. The molecule has 1 aliphatic carbocycles. The van der Waals surface area contributed by atoms with Crippen molar-refractivity contribution in [2.24, 2.45) is 5.92 Å². The van der Waals surface area contributed by atoms with E-state index in [0.29, 0.717) is 5.92 Å². The van der Waals surface area contributed by atoms with Gasteiger partial charge in [0.05, 0.1) is 6.10 Å². The molecule has 0 amide bonds. The standard InChI is InChI=1S/C13H26N2O/c1-14(11-13(16)12-5-6-12)9-10-15-7-3-2-4-8-15/h12-13,16H,2-11H2,1H3. The number of aliphatic hydroxyl groups is 1.